The van der Waals surface area contributed by atoms with Gasteiger partial charge in [-0.05, 0) is 50.8 Å². The minimum atomic E-state index is -1.89. The number of hydrogen-bond acceptors (Lipinski definition) is 5. The minimum absolute atomic E-state index is 0.0148. The summed E-state index contributed by atoms with van der Waals surface area (Å²) in [6.07, 6.45) is 4.49. The fraction of sp³-hybridized carbons (Fsp3) is 0.632. The largest absolute Gasteiger partial charge is 0.595 e. The Morgan fingerprint density at radius 1 is 1.28 bits per heavy atom. The molecule has 29 heavy (non-hydrogen) atoms. The molecule has 2 saturated heterocycles. The van der Waals surface area contributed by atoms with Crippen LogP contribution in [0.2, 0.25) is 0 Å². The lowest BCUT2D eigenvalue weighted by molar-refractivity contribution is -0.991. The van der Waals surface area contributed by atoms with Crippen molar-refractivity contribution < 1.29 is 20.0 Å². The van der Waals surface area contributed by atoms with Crippen LogP contribution in [0, 0.1) is 11.1 Å². The molecule has 2 heterocycles. The summed E-state index contributed by atoms with van der Waals surface area (Å²) in [4.78, 5) is 15.2. The monoisotopic (exact) mass is 465 g/mol. The molecule has 7 nitrogen and oxygen atoms in total. The smallest absolute Gasteiger partial charge is 0.259 e. The molecular weight excluding hydrogens is 441 g/mol. The highest BCUT2D eigenvalue weighted by atomic mass is 35.6. The maximum Gasteiger partial charge on any atom is 0.259 e. The summed E-state index contributed by atoms with van der Waals surface area (Å²) in [5, 5.41) is 22.0. The molecule has 4 atom stereocenters. The summed E-state index contributed by atoms with van der Waals surface area (Å²) in [7, 11) is 0. The highest BCUT2D eigenvalue weighted by Gasteiger charge is 2.38. The van der Waals surface area contributed by atoms with Crippen LogP contribution in [0.4, 0.5) is 5.69 Å². The summed E-state index contributed by atoms with van der Waals surface area (Å²) >= 11 is 18.2. The van der Waals surface area contributed by atoms with Gasteiger partial charge in [-0.3, -0.25) is 4.79 Å². The van der Waals surface area contributed by atoms with Crippen molar-refractivity contribution in [3.8, 4) is 0 Å². The van der Waals surface area contributed by atoms with Crippen LogP contribution >= 0.6 is 34.8 Å². The van der Waals surface area contributed by atoms with Crippen molar-refractivity contribution in [2.24, 2.45) is 5.92 Å². The van der Waals surface area contributed by atoms with E-state index in [1.165, 1.54) is 25.0 Å². The second-order valence-electron chi connectivity index (χ2n) is 7.58. The first-order valence-corrected chi connectivity index (χ1v) is 11.0. The van der Waals surface area contributed by atoms with E-state index in [4.69, 9.17) is 39.5 Å². The number of alkyl halides is 3. The number of fused-ring (bicyclic) bond motifs is 1. The van der Waals surface area contributed by atoms with Crippen molar-refractivity contribution in [3.63, 3.8) is 0 Å². The van der Waals surface area contributed by atoms with Crippen LogP contribution in [0.5, 0.6) is 0 Å². The number of para-hydroxylation sites is 1. The Morgan fingerprint density at radius 2 is 2.00 bits per heavy atom. The number of rotatable bonds is 6. The fourth-order valence-corrected chi connectivity index (χ4v) is 4.63. The van der Waals surface area contributed by atoms with Crippen molar-refractivity contribution in [1.82, 2.24) is 10.2 Å². The van der Waals surface area contributed by atoms with E-state index in [0.717, 1.165) is 32.4 Å². The van der Waals surface area contributed by atoms with Gasteiger partial charge < -0.3 is 20.2 Å². The van der Waals surface area contributed by atoms with Crippen molar-refractivity contribution in [3.05, 3.63) is 35.0 Å². The standard InChI is InChI=1S/C19H26Cl3N3O4/c20-19(21,22)18(23-17(26)14-7-1-2-9-16(14)25(27)28)29-12-13-6-5-11-24-10-4-3-8-15(13)24/h1-2,7,9,13,15,18,25,27H,3-6,8,10-12H2,(H,23,26)/t13-,15+,18?/m0/s1. The predicted molar refractivity (Wildman–Crippen MR) is 112 cm³/mol. The zero-order valence-corrected chi connectivity index (χ0v) is 18.2. The summed E-state index contributed by atoms with van der Waals surface area (Å²) in [6.45, 7) is 2.58. The maximum absolute atomic E-state index is 12.7. The molecule has 2 aliphatic heterocycles. The Hall–Kier alpha value is -0.640. The van der Waals surface area contributed by atoms with Crippen molar-refractivity contribution >= 4 is 46.4 Å². The average Bonchev–Trinajstić information content (AvgIpc) is 2.70. The van der Waals surface area contributed by atoms with Gasteiger partial charge in [0.2, 0.25) is 3.79 Å². The van der Waals surface area contributed by atoms with E-state index in [1.807, 2.05) is 0 Å². The molecule has 1 aromatic rings. The lowest BCUT2D eigenvalue weighted by atomic mass is 9.84. The number of quaternary nitrogens is 1. The molecule has 10 heteroatoms. The summed E-state index contributed by atoms with van der Waals surface area (Å²) in [5.74, 6) is -0.357. The summed E-state index contributed by atoms with van der Waals surface area (Å²) in [6, 6.07) is 6.34. The second kappa shape index (κ2) is 10.1. The van der Waals surface area contributed by atoms with Gasteiger partial charge in [0.25, 0.3) is 5.91 Å². The molecule has 3 N–H and O–H groups in total. The van der Waals surface area contributed by atoms with Crippen LogP contribution < -0.4 is 10.5 Å². The Morgan fingerprint density at radius 3 is 2.72 bits per heavy atom. The first-order chi connectivity index (χ1) is 13.8. The van der Waals surface area contributed by atoms with E-state index in [9.17, 15) is 15.2 Å². The molecule has 0 radical (unpaired) electrons. The zero-order chi connectivity index (χ0) is 21.0. The first kappa shape index (κ1) is 23.0. The SMILES string of the molecule is O=C(NC(OC[C@@H]1CCCN2CCCC[C@H]12)C(Cl)(Cl)Cl)c1ccccc1[NH+]([O-])O. The first-order valence-electron chi connectivity index (χ1n) is 9.83. The molecule has 2 aliphatic rings. The quantitative estimate of drug-likeness (QED) is 0.341. The third kappa shape index (κ3) is 5.95. The zero-order valence-electron chi connectivity index (χ0n) is 16.0. The number of halogens is 3. The van der Waals surface area contributed by atoms with Crippen LogP contribution in [0.1, 0.15) is 42.5 Å². The van der Waals surface area contributed by atoms with Gasteiger partial charge >= 0.3 is 0 Å². The third-order valence-electron chi connectivity index (χ3n) is 5.67. The molecule has 0 spiro atoms. The highest BCUT2D eigenvalue weighted by Crippen LogP contribution is 2.34. The molecule has 162 valence electrons. The second-order valence-corrected chi connectivity index (χ2v) is 9.95. The Kier molecular flexibility index (Phi) is 8.03. The predicted octanol–water partition coefficient (Wildman–Crippen LogP) is 2.80. The van der Waals surface area contributed by atoms with Gasteiger partial charge in [-0.15, -0.1) is 0 Å². The van der Waals surface area contributed by atoms with Crippen LogP contribution in [0.15, 0.2) is 24.3 Å². The number of carbonyl (C=O) groups excluding carboxylic acids is 1. The van der Waals surface area contributed by atoms with Crippen molar-refractivity contribution in [1.29, 1.82) is 0 Å². The van der Waals surface area contributed by atoms with Crippen LogP contribution in [0.25, 0.3) is 0 Å². The van der Waals surface area contributed by atoms with E-state index in [-0.39, 0.29) is 11.3 Å². The Bertz CT molecular complexity index is 700. The lowest BCUT2D eigenvalue weighted by Gasteiger charge is -2.44. The minimum Gasteiger partial charge on any atom is -0.595 e. The van der Waals surface area contributed by atoms with E-state index in [1.54, 1.807) is 12.1 Å². The van der Waals surface area contributed by atoms with E-state index in [2.05, 4.69) is 10.2 Å². The molecule has 0 bridgehead atoms. The van der Waals surface area contributed by atoms with Crippen LogP contribution in [-0.2, 0) is 4.74 Å². The van der Waals surface area contributed by atoms with Gasteiger partial charge in [0.15, 0.2) is 11.9 Å². The molecule has 1 amide bonds. The number of nitrogens with one attached hydrogen (secondary N) is 2. The normalized spacial score (nSPS) is 25.1. The summed E-state index contributed by atoms with van der Waals surface area (Å²) in [5.41, 5.74) is -0.142. The maximum atomic E-state index is 12.7. The number of piperidine rings is 2. The number of nitrogens with zero attached hydrogens (tertiary/aromatic N) is 1. The Labute approximate surface area is 185 Å². The average molecular weight is 467 g/mol. The van der Waals surface area contributed by atoms with Crippen LogP contribution in [-0.4, -0.2) is 51.8 Å². The van der Waals surface area contributed by atoms with E-state index >= 15 is 0 Å². The van der Waals surface area contributed by atoms with Gasteiger partial charge in [-0.1, -0.05) is 53.4 Å². The number of ether oxygens (including phenoxy) is 1. The molecule has 2 unspecified atom stereocenters. The van der Waals surface area contributed by atoms with E-state index in [0.29, 0.717) is 18.6 Å². The number of amides is 1. The molecular formula is C19H26Cl3N3O4. The van der Waals surface area contributed by atoms with Gasteiger partial charge in [-0.25, -0.2) is 5.21 Å². The topological polar surface area (TPSA) is 89.3 Å². The molecule has 3 rings (SSSR count). The molecule has 0 saturated carbocycles. The molecule has 0 aromatic heterocycles. The molecule has 2 fully saturated rings. The molecule has 0 aliphatic carbocycles. The van der Waals surface area contributed by atoms with Gasteiger partial charge in [0.1, 0.15) is 5.56 Å². The third-order valence-corrected chi connectivity index (χ3v) is 6.26. The van der Waals surface area contributed by atoms with Gasteiger partial charge in [-0.2, -0.15) is 5.23 Å². The number of carbonyl (C=O) groups is 1. The van der Waals surface area contributed by atoms with Crippen molar-refractivity contribution in [2.45, 2.75) is 48.2 Å². The van der Waals surface area contributed by atoms with Crippen LogP contribution in [0.3, 0.4) is 0 Å². The highest BCUT2D eigenvalue weighted by molar-refractivity contribution is 6.68. The number of benzene rings is 1. The summed E-state index contributed by atoms with van der Waals surface area (Å²) < 4.78 is 3.99. The van der Waals surface area contributed by atoms with Gasteiger partial charge in [0, 0.05) is 12.1 Å². The van der Waals surface area contributed by atoms with Crippen molar-refractivity contribution in [2.75, 3.05) is 19.7 Å². The lowest BCUT2D eigenvalue weighted by Crippen LogP contribution is -2.99. The molecule has 1 aromatic carbocycles. The fourth-order valence-electron chi connectivity index (χ4n) is 4.27. The Balaban J connectivity index is 1.67. The van der Waals surface area contributed by atoms with E-state index < -0.39 is 21.2 Å². The number of hydrogen-bond donors (Lipinski definition) is 3. The van der Waals surface area contributed by atoms with Gasteiger partial charge in [0.05, 0.1) is 6.61 Å².